The summed E-state index contributed by atoms with van der Waals surface area (Å²) in [5.74, 6) is 1.66. The van der Waals surface area contributed by atoms with E-state index >= 15 is 0 Å². The lowest BCUT2D eigenvalue weighted by molar-refractivity contribution is 0.200. The van der Waals surface area contributed by atoms with E-state index in [4.69, 9.17) is 0 Å². The number of unbranched alkanes of at least 4 members (excludes halogenated alkanes) is 1. The number of piperidine rings is 1. The van der Waals surface area contributed by atoms with Gasteiger partial charge in [0.25, 0.3) is 0 Å². The van der Waals surface area contributed by atoms with Gasteiger partial charge in [0.1, 0.15) is 0 Å². The number of aliphatic imine (C=N–C) groups is 1. The van der Waals surface area contributed by atoms with Gasteiger partial charge in [-0.15, -0.1) is 6.58 Å². The van der Waals surface area contributed by atoms with E-state index in [2.05, 4.69) is 40.7 Å². The molecule has 0 spiro atoms. The van der Waals surface area contributed by atoms with Crippen LogP contribution in [-0.4, -0.2) is 62.6 Å². The Morgan fingerprint density at radius 3 is 2.71 bits per heavy atom. The number of rotatable bonds is 8. The van der Waals surface area contributed by atoms with E-state index < -0.39 is 0 Å². The first-order chi connectivity index (χ1) is 10.2. The van der Waals surface area contributed by atoms with Crippen molar-refractivity contribution in [3.63, 3.8) is 0 Å². The Balaban J connectivity index is 2.24. The van der Waals surface area contributed by atoms with Crippen molar-refractivity contribution in [2.75, 3.05) is 46.8 Å². The van der Waals surface area contributed by atoms with E-state index in [1.807, 2.05) is 13.1 Å². The average molecular weight is 294 g/mol. The number of allylic oxidation sites excluding steroid dienone is 1. The number of guanidine groups is 1. The molecule has 1 rings (SSSR count). The van der Waals surface area contributed by atoms with E-state index in [-0.39, 0.29) is 0 Å². The van der Waals surface area contributed by atoms with Crippen LogP contribution >= 0.6 is 0 Å². The fourth-order valence-corrected chi connectivity index (χ4v) is 2.88. The third-order valence-electron chi connectivity index (χ3n) is 4.10. The normalized spacial score (nSPS) is 18.3. The molecule has 21 heavy (non-hydrogen) atoms. The van der Waals surface area contributed by atoms with Crippen LogP contribution < -0.4 is 5.32 Å². The summed E-state index contributed by atoms with van der Waals surface area (Å²) in [6, 6.07) is 0. The highest BCUT2D eigenvalue weighted by molar-refractivity contribution is 5.79. The maximum Gasteiger partial charge on any atom is 0.193 e. The Morgan fingerprint density at radius 1 is 1.38 bits per heavy atom. The summed E-state index contributed by atoms with van der Waals surface area (Å²) in [6.07, 6.45) is 8.31. The van der Waals surface area contributed by atoms with E-state index in [9.17, 15) is 0 Å². The predicted molar refractivity (Wildman–Crippen MR) is 92.9 cm³/mol. The quantitative estimate of drug-likeness (QED) is 0.323. The molecule has 0 bridgehead atoms. The van der Waals surface area contributed by atoms with Gasteiger partial charge in [0.15, 0.2) is 5.96 Å². The number of nitrogens with zero attached hydrogens (tertiary/aromatic N) is 3. The zero-order valence-electron chi connectivity index (χ0n) is 14.3. The molecule has 1 aliphatic heterocycles. The fraction of sp³-hybridized carbons (Fsp3) is 0.824. The van der Waals surface area contributed by atoms with Crippen LogP contribution in [0.2, 0.25) is 0 Å². The van der Waals surface area contributed by atoms with Crippen LogP contribution in [0, 0.1) is 5.92 Å². The second kappa shape index (κ2) is 10.7. The summed E-state index contributed by atoms with van der Waals surface area (Å²) in [6.45, 7) is 11.9. The van der Waals surface area contributed by atoms with Crippen LogP contribution in [0.3, 0.4) is 0 Å². The Hall–Kier alpha value is -1.03. The summed E-state index contributed by atoms with van der Waals surface area (Å²) in [5, 5.41) is 3.51. The van der Waals surface area contributed by atoms with Crippen molar-refractivity contribution < 1.29 is 0 Å². The third-order valence-corrected chi connectivity index (χ3v) is 4.10. The Labute approximate surface area is 131 Å². The van der Waals surface area contributed by atoms with Crippen LogP contribution in [0.15, 0.2) is 17.6 Å². The lowest BCUT2D eigenvalue weighted by atomic mass is 10.1. The highest BCUT2D eigenvalue weighted by atomic mass is 15.3. The number of likely N-dealkylation sites (tertiary alicyclic amines) is 1. The summed E-state index contributed by atoms with van der Waals surface area (Å²) in [5.41, 5.74) is 0. The maximum atomic E-state index is 4.38. The molecule has 0 aromatic heterocycles. The second-order valence-corrected chi connectivity index (χ2v) is 6.25. The zero-order chi connectivity index (χ0) is 15.5. The molecule has 1 N–H and O–H groups in total. The molecular weight excluding hydrogens is 260 g/mol. The molecule has 1 saturated heterocycles. The van der Waals surface area contributed by atoms with Crippen molar-refractivity contribution in [1.29, 1.82) is 0 Å². The van der Waals surface area contributed by atoms with Crippen molar-refractivity contribution in [2.24, 2.45) is 10.9 Å². The van der Waals surface area contributed by atoms with Gasteiger partial charge in [-0.25, -0.2) is 0 Å². The lowest BCUT2D eigenvalue weighted by Crippen LogP contribution is -2.43. The van der Waals surface area contributed by atoms with E-state index in [1.54, 1.807) is 0 Å². The summed E-state index contributed by atoms with van der Waals surface area (Å²) in [7, 11) is 3.97. The van der Waals surface area contributed by atoms with Gasteiger partial charge in [0.05, 0.1) is 0 Å². The molecule has 0 aromatic rings. The van der Waals surface area contributed by atoms with Crippen LogP contribution in [0.1, 0.15) is 39.0 Å². The second-order valence-electron chi connectivity index (χ2n) is 6.25. The number of hydrogen-bond donors (Lipinski definition) is 1. The maximum absolute atomic E-state index is 4.38. The average Bonchev–Trinajstić information content (AvgIpc) is 2.49. The molecule has 0 aromatic carbocycles. The molecule has 0 aliphatic carbocycles. The van der Waals surface area contributed by atoms with Crippen LogP contribution in [0.5, 0.6) is 0 Å². The van der Waals surface area contributed by atoms with E-state index in [0.29, 0.717) is 5.92 Å². The number of nitrogens with one attached hydrogen (secondary N) is 1. The van der Waals surface area contributed by atoms with Crippen LogP contribution in [-0.2, 0) is 0 Å². The predicted octanol–water partition coefficient (Wildman–Crippen LogP) is 2.58. The van der Waals surface area contributed by atoms with Gasteiger partial charge in [0, 0.05) is 33.7 Å². The molecule has 0 radical (unpaired) electrons. The molecule has 1 fully saturated rings. The number of hydrogen-bond acceptors (Lipinski definition) is 2. The minimum atomic E-state index is 0.654. The molecular formula is C17H34N4. The molecule has 122 valence electrons. The zero-order valence-corrected chi connectivity index (χ0v) is 14.3. The molecule has 4 nitrogen and oxygen atoms in total. The molecule has 1 heterocycles. The van der Waals surface area contributed by atoms with Crippen molar-refractivity contribution >= 4 is 5.96 Å². The van der Waals surface area contributed by atoms with Crippen LogP contribution in [0.4, 0.5) is 0 Å². The Morgan fingerprint density at radius 2 is 2.10 bits per heavy atom. The van der Waals surface area contributed by atoms with Crippen molar-refractivity contribution in [3.8, 4) is 0 Å². The van der Waals surface area contributed by atoms with Gasteiger partial charge in [-0.05, 0) is 44.7 Å². The van der Waals surface area contributed by atoms with Gasteiger partial charge in [-0.3, -0.25) is 4.99 Å². The first-order valence-electron chi connectivity index (χ1n) is 8.42. The van der Waals surface area contributed by atoms with E-state index in [1.165, 1.54) is 38.9 Å². The molecule has 1 atom stereocenters. The Bertz CT molecular complexity index is 308. The Kier molecular flexibility index (Phi) is 9.15. The highest BCUT2D eigenvalue weighted by Crippen LogP contribution is 2.10. The molecule has 1 aliphatic rings. The first-order valence-corrected chi connectivity index (χ1v) is 8.42. The molecule has 0 amide bonds. The summed E-state index contributed by atoms with van der Waals surface area (Å²) < 4.78 is 0. The highest BCUT2D eigenvalue weighted by Gasteiger charge is 2.14. The van der Waals surface area contributed by atoms with Gasteiger partial charge in [-0.1, -0.05) is 19.4 Å². The monoisotopic (exact) mass is 294 g/mol. The lowest BCUT2D eigenvalue weighted by Gasteiger charge is -2.30. The minimum absolute atomic E-state index is 0.654. The smallest absolute Gasteiger partial charge is 0.193 e. The van der Waals surface area contributed by atoms with Crippen molar-refractivity contribution in [1.82, 2.24) is 15.1 Å². The van der Waals surface area contributed by atoms with Gasteiger partial charge < -0.3 is 15.1 Å². The first kappa shape index (κ1) is 18.0. The van der Waals surface area contributed by atoms with Gasteiger partial charge in [0.2, 0.25) is 0 Å². The van der Waals surface area contributed by atoms with Crippen LogP contribution in [0.25, 0.3) is 0 Å². The standard InChI is InChI=1S/C17H34N4/c1-5-6-8-11-20(4)17(18-3)19-14-16(2)15-21-12-9-7-10-13-21/h5,16H,1,6-15H2,2-4H3,(H,18,19). The van der Waals surface area contributed by atoms with Crippen molar-refractivity contribution in [2.45, 2.75) is 39.0 Å². The fourth-order valence-electron chi connectivity index (χ4n) is 2.88. The summed E-state index contributed by atoms with van der Waals surface area (Å²) in [4.78, 5) is 9.19. The summed E-state index contributed by atoms with van der Waals surface area (Å²) >= 11 is 0. The third kappa shape index (κ3) is 7.51. The molecule has 4 heteroatoms. The minimum Gasteiger partial charge on any atom is -0.356 e. The van der Waals surface area contributed by atoms with Gasteiger partial charge >= 0.3 is 0 Å². The van der Waals surface area contributed by atoms with E-state index in [0.717, 1.165) is 31.9 Å². The molecule has 0 saturated carbocycles. The van der Waals surface area contributed by atoms with Crippen molar-refractivity contribution in [3.05, 3.63) is 12.7 Å². The SMILES string of the molecule is C=CCCCN(C)C(=NC)NCC(C)CN1CCCCC1. The largest absolute Gasteiger partial charge is 0.356 e. The molecule has 1 unspecified atom stereocenters. The van der Waals surface area contributed by atoms with Gasteiger partial charge in [-0.2, -0.15) is 0 Å². The topological polar surface area (TPSA) is 30.9 Å².